The maximum atomic E-state index is 9.04. The predicted molar refractivity (Wildman–Crippen MR) is 67.8 cm³/mol. The molecule has 5 heteroatoms. The lowest BCUT2D eigenvalue weighted by Gasteiger charge is -2.02. The van der Waals surface area contributed by atoms with Gasteiger partial charge >= 0.3 is 0 Å². The van der Waals surface area contributed by atoms with Crippen LogP contribution in [0.2, 0.25) is 0 Å². The van der Waals surface area contributed by atoms with Gasteiger partial charge in [0, 0.05) is 6.54 Å². The molecular weight excluding hydrogens is 228 g/mol. The molecule has 0 fully saturated rings. The second-order valence-corrected chi connectivity index (χ2v) is 3.77. The number of anilines is 1. The summed E-state index contributed by atoms with van der Waals surface area (Å²) in [6.07, 6.45) is 0. The fourth-order valence-electron chi connectivity index (χ4n) is 1.63. The van der Waals surface area contributed by atoms with Gasteiger partial charge in [0.15, 0.2) is 5.56 Å². The van der Waals surface area contributed by atoms with E-state index < -0.39 is 0 Å². The Morgan fingerprint density at radius 2 is 2.11 bits per heavy atom. The first-order valence-electron chi connectivity index (χ1n) is 5.69. The molecule has 1 aromatic carbocycles. The van der Waals surface area contributed by atoms with Crippen molar-refractivity contribution in [2.24, 2.45) is 0 Å². The summed E-state index contributed by atoms with van der Waals surface area (Å²) in [6, 6.07) is 11.7. The van der Waals surface area contributed by atoms with E-state index in [-0.39, 0.29) is 0 Å². The molecule has 0 aliphatic rings. The zero-order valence-electron chi connectivity index (χ0n) is 10.1. The van der Waals surface area contributed by atoms with Crippen LogP contribution < -0.4 is 10.5 Å². The first-order chi connectivity index (χ1) is 8.76. The van der Waals surface area contributed by atoms with Gasteiger partial charge in [-0.25, -0.2) is 4.68 Å². The van der Waals surface area contributed by atoms with Gasteiger partial charge in [-0.1, -0.05) is 30.3 Å². The third kappa shape index (κ3) is 2.28. The third-order valence-electron chi connectivity index (χ3n) is 2.59. The monoisotopic (exact) mass is 242 g/mol. The van der Waals surface area contributed by atoms with Crippen LogP contribution in [-0.2, 0) is 13.2 Å². The molecular formula is C13H14N4O. The van der Waals surface area contributed by atoms with Crippen LogP contribution in [0.4, 0.5) is 5.82 Å². The first-order valence-corrected chi connectivity index (χ1v) is 5.69. The highest BCUT2D eigenvalue weighted by atomic mass is 16.5. The summed E-state index contributed by atoms with van der Waals surface area (Å²) in [4.78, 5) is 0. The molecule has 2 aromatic rings. The van der Waals surface area contributed by atoms with Crippen LogP contribution in [0, 0.1) is 11.3 Å². The van der Waals surface area contributed by atoms with Gasteiger partial charge in [0.1, 0.15) is 18.5 Å². The number of nitrogen functional groups attached to an aromatic ring is 1. The Balaban J connectivity index is 2.17. The molecule has 92 valence electrons. The molecule has 0 unspecified atom stereocenters. The van der Waals surface area contributed by atoms with Crippen molar-refractivity contribution in [2.45, 2.75) is 20.1 Å². The molecule has 0 atom stereocenters. The lowest BCUT2D eigenvalue weighted by molar-refractivity contribution is 0.289. The van der Waals surface area contributed by atoms with Crippen molar-refractivity contribution in [1.82, 2.24) is 9.78 Å². The van der Waals surface area contributed by atoms with E-state index in [2.05, 4.69) is 5.10 Å². The largest absolute Gasteiger partial charge is 0.471 e. The highest BCUT2D eigenvalue weighted by Crippen LogP contribution is 2.23. The van der Waals surface area contributed by atoms with Crippen LogP contribution in [0.15, 0.2) is 30.3 Å². The second kappa shape index (κ2) is 5.23. The second-order valence-electron chi connectivity index (χ2n) is 3.77. The molecule has 0 bridgehead atoms. The van der Waals surface area contributed by atoms with E-state index in [0.717, 1.165) is 5.56 Å². The molecule has 0 amide bonds. The summed E-state index contributed by atoms with van der Waals surface area (Å²) in [5.41, 5.74) is 7.11. The topological polar surface area (TPSA) is 76.9 Å². The van der Waals surface area contributed by atoms with Crippen LogP contribution in [0.3, 0.4) is 0 Å². The number of aryl methyl sites for hydroxylation is 1. The number of benzene rings is 1. The summed E-state index contributed by atoms with van der Waals surface area (Å²) in [7, 11) is 0. The Bertz CT molecular complexity index is 569. The molecule has 1 heterocycles. The molecule has 0 aliphatic heterocycles. The normalized spacial score (nSPS) is 10.0. The summed E-state index contributed by atoms with van der Waals surface area (Å²) in [6.45, 7) is 2.89. The van der Waals surface area contributed by atoms with Crippen LogP contribution >= 0.6 is 0 Å². The van der Waals surface area contributed by atoms with E-state index in [1.165, 1.54) is 0 Å². The predicted octanol–water partition coefficient (Wildman–Crippen LogP) is 1.94. The Labute approximate surface area is 105 Å². The zero-order chi connectivity index (χ0) is 13.0. The maximum absolute atomic E-state index is 9.04. The lowest BCUT2D eigenvalue weighted by atomic mass is 10.2. The summed E-state index contributed by atoms with van der Waals surface area (Å²) in [5, 5.41) is 13.2. The van der Waals surface area contributed by atoms with Crippen LogP contribution in [-0.4, -0.2) is 9.78 Å². The van der Waals surface area contributed by atoms with Crippen molar-refractivity contribution in [3.05, 3.63) is 41.5 Å². The van der Waals surface area contributed by atoms with Crippen LogP contribution in [0.25, 0.3) is 0 Å². The number of hydrogen-bond donors (Lipinski definition) is 1. The van der Waals surface area contributed by atoms with Crippen molar-refractivity contribution in [2.75, 3.05) is 5.73 Å². The number of nitrogens with two attached hydrogens (primary N) is 1. The molecule has 2 rings (SSSR count). The molecule has 0 saturated heterocycles. The first kappa shape index (κ1) is 12.0. The number of ether oxygens (including phenoxy) is 1. The molecule has 0 aliphatic carbocycles. The van der Waals surface area contributed by atoms with E-state index in [9.17, 15) is 0 Å². The van der Waals surface area contributed by atoms with Gasteiger partial charge in [0.2, 0.25) is 0 Å². The molecule has 18 heavy (non-hydrogen) atoms. The quantitative estimate of drug-likeness (QED) is 0.888. The van der Waals surface area contributed by atoms with Gasteiger partial charge in [0.25, 0.3) is 5.88 Å². The number of hydrogen-bond acceptors (Lipinski definition) is 4. The van der Waals surface area contributed by atoms with Gasteiger partial charge in [-0.2, -0.15) is 5.26 Å². The standard InChI is InChI=1S/C13H14N4O/c1-2-17-12(15)11(8-14)13(16-17)18-9-10-6-4-3-5-7-10/h3-7H,2,9,15H2,1H3. The average molecular weight is 242 g/mol. The third-order valence-corrected chi connectivity index (χ3v) is 2.59. The summed E-state index contributed by atoms with van der Waals surface area (Å²) in [5.74, 6) is 0.642. The number of nitriles is 1. The van der Waals surface area contributed by atoms with E-state index >= 15 is 0 Å². The molecule has 0 saturated carbocycles. The Hall–Kier alpha value is -2.48. The van der Waals surface area contributed by atoms with Crippen molar-refractivity contribution < 1.29 is 4.74 Å². The van der Waals surface area contributed by atoms with Crippen molar-refractivity contribution in [1.29, 1.82) is 5.26 Å². The summed E-state index contributed by atoms with van der Waals surface area (Å²) >= 11 is 0. The zero-order valence-corrected chi connectivity index (χ0v) is 10.1. The molecule has 1 aromatic heterocycles. The van der Waals surface area contributed by atoms with Crippen molar-refractivity contribution >= 4 is 5.82 Å². The number of rotatable bonds is 4. The Morgan fingerprint density at radius 3 is 2.72 bits per heavy atom. The van der Waals surface area contributed by atoms with Crippen LogP contribution in [0.5, 0.6) is 5.88 Å². The van der Waals surface area contributed by atoms with E-state index in [1.807, 2.05) is 43.3 Å². The SMILES string of the molecule is CCn1nc(OCc2ccccc2)c(C#N)c1N. The van der Waals surface area contributed by atoms with Crippen molar-refractivity contribution in [3.8, 4) is 11.9 Å². The minimum Gasteiger partial charge on any atom is -0.471 e. The summed E-state index contributed by atoms with van der Waals surface area (Å²) < 4.78 is 7.10. The average Bonchev–Trinajstić information content (AvgIpc) is 2.73. The number of aromatic nitrogens is 2. The highest BCUT2D eigenvalue weighted by molar-refractivity contribution is 5.55. The van der Waals surface area contributed by atoms with Gasteiger partial charge in [-0.15, -0.1) is 5.10 Å². The van der Waals surface area contributed by atoms with Gasteiger partial charge in [-0.3, -0.25) is 0 Å². The lowest BCUT2D eigenvalue weighted by Crippen LogP contribution is -2.02. The fraction of sp³-hybridized carbons (Fsp3) is 0.231. The van der Waals surface area contributed by atoms with Crippen molar-refractivity contribution in [3.63, 3.8) is 0 Å². The van der Waals surface area contributed by atoms with Gasteiger partial charge in [-0.05, 0) is 12.5 Å². The minimum atomic E-state index is 0.292. The van der Waals surface area contributed by atoms with Gasteiger partial charge in [0.05, 0.1) is 0 Å². The molecule has 0 radical (unpaired) electrons. The van der Waals surface area contributed by atoms with Gasteiger partial charge < -0.3 is 10.5 Å². The Kier molecular flexibility index (Phi) is 3.49. The van der Waals surface area contributed by atoms with Crippen LogP contribution in [0.1, 0.15) is 18.1 Å². The smallest absolute Gasteiger partial charge is 0.253 e. The fourth-order valence-corrected chi connectivity index (χ4v) is 1.63. The molecule has 2 N–H and O–H groups in total. The van der Waals surface area contributed by atoms with E-state index in [1.54, 1.807) is 4.68 Å². The minimum absolute atomic E-state index is 0.292. The highest BCUT2D eigenvalue weighted by Gasteiger charge is 2.15. The number of nitrogens with zero attached hydrogens (tertiary/aromatic N) is 3. The van der Waals surface area contributed by atoms with E-state index in [0.29, 0.717) is 30.4 Å². The molecule has 5 nitrogen and oxygen atoms in total. The van der Waals surface area contributed by atoms with E-state index in [4.69, 9.17) is 15.7 Å². The molecule has 0 spiro atoms. The maximum Gasteiger partial charge on any atom is 0.253 e. The Morgan fingerprint density at radius 1 is 1.39 bits per heavy atom.